The number of likely N-dealkylation sites (tertiary alicyclic amines) is 1. The lowest BCUT2D eigenvalue weighted by Crippen LogP contribution is -2.60. The SMILES string of the molecule is CN=C(NCC1(N2CCOCC2)CCSC1)NC1CCN(C(=O)C2CCCC2)C1. The lowest BCUT2D eigenvalue weighted by molar-refractivity contribution is -0.134. The Balaban J connectivity index is 1.27. The maximum absolute atomic E-state index is 12.7. The first-order valence-electron chi connectivity index (χ1n) is 11.4. The molecule has 1 saturated carbocycles. The van der Waals surface area contributed by atoms with Gasteiger partial charge >= 0.3 is 0 Å². The molecular formula is C21H37N5O2S. The highest BCUT2D eigenvalue weighted by Gasteiger charge is 2.41. The minimum atomic E-state index is 0.201. The van der Waals surface area contributed by atoms with E-state index in [9.17, 15) is 4.79 Å². The number of hydrogen-bond donors (Lipinski definition) is 2. The van der Waals surface area contributed by atoms with Crippen LogP contribution in [-0.2, 0) is 9.53 Å². The summed E-state index contributed by atoms with van der Waals surface area (Å²) < 4.78 is 5.57. The quantitative estimate of drug-likeness (QED) is 0.511. The van der Waals surface area contributed by atoms with E-state index in [1.165, 1.54) is 30.8 Å². The van der Waals surface area contributed by atoms with E-state index in [-0.39, 0.29) is 11.5 Å². The van der Waals surface area contributed by atoms with Gasteiger partial charge in [-0.1, -0.05) is 12.8 Å². The summed E-state index contributed by atoms with van der Waals surface area (Å²) >= 11 is 2.06. The van der Waals surface area contributed by atoms with Gasteiger partial charge in [0.2, 0.25) is 5.91 Å². The smallest absolute Gasteiger partial charge is 0.225 e. The number of ether oxygens (including phenoxy) is 1. The zero-order chi connectivity index (χ0) is 20.1. The molecule has 2 N–H and O–H groups in total. The fraction of sp³-hybridized carbons (Fsp3) is 0.905. The van der Waals surface area contributed by atoms with Crippen molar-refractivity contribution in [1.29, 1.82) is 0 Å². The van der Waals surface area contributed by atoms with Gasteiger partial charge < -0.3 is 20.3 Å². The van der Waals surface area contributed by atoms with Crippen LogP contribution >= 0.6 is 11.8 Å². The van der Waals surface area contributed by atoms with Gasteiger partial charge in [0, 0.05) is 63.0 Å². The number of morpholine rings is 1. The van der Waals surface area contributed by atoms with Gasteiger partial charge in [-0.25, -0.2) is 0 Å². The molecule has 8 heteroatoms. The van der Waals surface area contributed by atoms with Gasteiger partial charge in [0.15, 0.2) is 5.96 Å². The summed E-state index contributed by atoms with van der Waals surface area (Å²) in [6.45, 7) is 6.32. The lowest BCUT2D eigenvalue weighted by Gasteiger charge is -2.43. The summed E-state index contributed by atoms with van der Waals surface area (Å²) in [4.78, 5) is 21.9. The second-order valence-electron chi connectivity index (χ2n) is 8.95. The van der Waals surface area contributed by atoms with Gasteiger partial charge in [0.1, 0.15) is 0 Å². The van der Waals surface area contributed by atoms with E-state index in [0.717, 1.165) is 71.2 Å². The molecule has 3 heterocycles. The molecule has 0 bridgehead atoms. The zero-order valence-electron chi connectivity index (χ0n) is 17.8. The predicted molar refractivity (Wildman–Crippen MR) is 119 cm³/mol. The third-order valence-electron chi connectivity index (χ3n) is 7.12. The van der Waals surface area contributed by atoms with Crippen molar-refractivity contribution in [1.82, 2.24) is 20.4 Å². The van der Waals surface area contributed by atoms with E-state index >= 15 is 0 Å². The van der Waals surface area contributed by atoms with E-state index in [1.807, 2.05) is 7.05 Å². The Labute approximate surface area is 179 Å². The Kier molecular flexibility index (Phi) is 7.24. The van der Waals surface area contributed by atoms with Crippen molar-refractivity contribution in [2.75, 3.05) is 64.5 Å². The number of nitrogens with one attached hydrogen (secondary N) is 2. The molecule has 7 nitrogen and oxygen atoms in total. The summed E-state index contributed by atoms with van der Waals surface area (Å²) in [5.74, 6) is 3.92. The summed E-state index contributed by atoms with van der Waals surface area (Å²) in [5.41, 5.74) is 0.201. The molecule has 2 unspecified atom stereocenters. The molecule has 1 amide bonds. The number of guanidine groups is 1. The predicted octanol–water partition coefficient (Wildman–Crippen LogP) is 1.15. The van der Waals surface area contributed by atoms with Gasteiger partial charge in [-0.2, -0.15) is 11.8 Å². The van der Waals surface area contributed by atoms with Crippen molar-refractivity contribution in [2.24, 2.45) is 10.9 Å². The van der Waals surface area contributed by atoms with Crippen molar-refractivity contribution < 1.29 is 9.53 Å². The highest BCUT2D eigenvalue weighted by atomic mass is 32.2. The molecule has 1 aliphatic carbocycles. The summed E-state index contributed by atoms with van der Waals surface area (Å²) in [5, 5.41) is 7.20. The number of nitrogens with zero attached hydrogens (tertiary/aromatic N) is 3. The molecule has 0 radical (unpaired) electrons. The first-order valence-corrected chi connectivity index (χ1v) is 12.5. The number of carbonyl (C=O) groups excluding carboxylic acids is 1. The molecule has 3 aliphatic heterocycles. The molecule has 4 rings (SSSR count). The molecule has 2 atom stereocenters. The molecule has 3 saturated heterocycles. The van der Waals surface area contributed by atoms with Crippen LogP contribution < -0.4 is 10.6 Å². The van der Waals surface area contributed by atoms with Gasteiger partial charge in [-0.15, -0.1) is 0 Å². The van der Waals surface area contributed by atoms with Crippen LogP contribution in [0.2, 0.25) is 0 Å². The average molecular weight is 424 g/mol. The van der Waals surface area contributed by atoms with Crippen LogP contribution in [0.5, 0.6) is 0 Å². The van der Waals surface area contributed by atoms with Crippen LogP contribution in [-0.4, -0.2) is 97.7 Å². The molecule has 4 fully saturated rings. The van der Waals surface area contributed by atoms with Gasteiger partial charge in [-0.05, 0) is 31.4 Å². The molecule has 164 valence electrons. The maximum atomic E-state index is 12.7. The van der Waals surface area contributed by atoms with Crippen LogP contribution in [0.4, 0.5) is 0 Å². The second kappa shape index (κ2) is 9.88. The fourth-order valence-electron chi connectivity index (χ4n) is 5.28. The first-order chi connectivity index (χ1) is 14.2. The van der Waals surface area contributed by atoms with Gasteiger partial charge in [0.05, 0.1) is 13.2 Å². The Hall–Kier alpha value is -0.990. The molecule has 0 aromatic heterocycles. The van der Waals surface area contributed by atoms with Gasteiger partial charge in [-0.3, -0.25) is 14.7 Å². The van der Waals surface area contributed by atoms with Crippen LogP contribution in [0, 0.1) is 5.92 Å². The minimum Gasteiger partial charge on any atom is -0.379 e. The van der Waals surface area contributed by atoms with Crippen LogP contribution in [0.25, 0.3) is 0 Å². The van der Waals surface area contributed by atoms with E-state index in [0.29, 0.717) is 11.9 Å². The molecular weight excluding hydrogens is 386 g/mol. The van der Waals surface area contributed by atoms with E-state index in [1.54, 1.807) is 0 Å². The van der Waals surface area contributed by atoms with Crippen molar-refractivity contribution in [3.05, 3.63) is 0 Å². The van der Waals surface area contributed by atoms with Crippen molar-refractivity contribution in [3.63, 3.8) is 0 Å². The molecule has 4 aliphatic rings. The minimum absolute atomic E-state index is 0.201. The van der Waals surface area contributed by atoms with Crippen molar-refractivity contribution in [2.45, 2.75) is 50.1 Å². The number of thioether (sulfide) groups is 1. The summed E-state index contributed by atoms with van der Waals surface area (Å²) in [6.07, 6.45) is 6.81. The van der Waals surface area contributed by atoms with Crippen molar-refractivity contribution in [3.8, 4) is 0 Å². The summed E-state index contributed by atoms with van der Waals surface area (Å²) in [7, 11) is 1.84. The number of carbonyl (C=O) groups is 1. The Morgan fingerprint density at radius 1 is 1.21 bits per heavy atom. The topological polar surface area (TPSA) is 69.2 Å². The number of hydrogen-bond acceptors (Lipinski definition) is 5. The third kappa shape index (κ3) is 5.02. The zero-order valence-corrected chi connectivity index (χ0v) is 18.6. The fourth-order valence-corrected chi connectivity index (χ4v) is 6.76. The van der Waals surface area contributed by atoms with Crippen LogP contribution in [0.3, 0.4) is 0 Å². The van der Waals surface area contributed by atoms with Crippen LogP contribution in [0.15, 0.2) is 4.99 Å². The standard InChI is InChI=1S/C21H37N5O2S/c1-22-20(23-15-21(7-13-29-16-21)26-9-11-28-12-10-26)24-18-6-8-25(14-18)19(27)17-4-2-3-5-17/h17-18H,2-16H2,1H3,(H2,22,23,24). The average Bonchev–Trinajstić information content (AvgIpc) is 3.53. The summed E-state index contributed by atoms with van der Waals surface area (Å²) in [6, 6.07) is 0.295. The normalized spacial score (nSPS) is 32.1. The number of aliphatic imine (C=N–C) groups is 1. The molecule has 0 aromatic carbocycles. The third-order valence-corrected chi connectivity index (χ3v) is 8.35. The monoisotopic (exact) mass is 423 g/mol. The Morgan fingerprint density at radius 3 is 2.69 bits per heavy atom. The Bertz CT molecular complexity index is 584. The van der Waals surface area contributed by atoms with Crippen molar-refractivity contribution >= 4 is 23.6 Å². The van der Waals surface area contributed by atoms with Gasteiger partial charge in [0.25, 0.3) is 0 Å². The van der Waals surface area contributed by atoms with Crippen LogP contribution in [0.1, 0.15) is 38.5 Å². The second-order valence-corrected chi connectivity index (χ2v) is 10.1. The molecule has 0 aromatic rings. The number of rotatable bonds is 5. The first kappa shape index (κ1) is 21.2. The molecule has 0 spiro atoms. The molecule has 29 heavy (non-hydrogen) atoms. The Morgan fingerprint density at radius 2 is 2.00 bits per heavy atom. The van der Waals surface area contributed by atoms with E-state index in [2.05, 4.69) is 37.2 Å². The van der Waals surface area contributed by atoms with E-state index in [4.69, 9.17) is 4.74 Å². The highest BCUT2D eigenvalue weighted by molar-refractivity contribution is 7.99. The lowest BCUT2D eigenvalue weighted by atomic mass is 9.95. The highest BCUT2D eigenvalue weighted by Crippen LogP contribution is 2.33. The largest absolute Gasteiger partial charge is 0.379 e. The number of amides is 1. The maximum Gasteiger partial charge on any atom is 0.225 e. The van der Waals surface area contributed by atoms with E-state index < -0.39 is 0 Å².